The molecular weight excluding hydrogens is 280 g/mol. The monoisotopic (exact) mass is 302 g/mol. The number of benzene rings is 1. The molecule has 0 aliphatic rings. The van der Waals surface area contributed by atoms with Crippen molar-refractivity contribution in [3.05, 3.63) is 24.3 Å². The van der Waals surface area contributed by atoms with Crippen LogP contribution in [0.3, 0.4) is 0 Å². The SMILES string of the molecule is COc1ccc(OCCNC(=O)C(C)C(C)N)cc1.Cl. The molecule has 0 radical (unpaired) electrons. The van der Waals surface area contributed by atoms with Gasteiger partial charge in [0, 0.05) is 12.0 Å². The van der Waals surface area contributed by atoms with Crippen molar-refractivity contribution >= 4 is 18.3 Å². The van der Waals surface area contributed by atoms with Gasteiger partial charge in [0.1, 0.15) is 18.1 Å². The minimum Gasteiger partial charge on any atom is -0.497 e. The summed E-state index contributed by atoms with van der Waals surface area (Å²) in [6.45, 7) is 4.51. The number of hydrogen-bond acceptors (Lipinski definition) is 4. The molecule has 114 valence electrons. The number of ether oxygens (including phenoxy) is 2. The average molecular weight is 303 g/mol. The van der Waals surface area contributed by atoms with E-state index >= 15 is 0 Å². The first-order valence-corrected chi connectivity index (χ1v) is 6.34. The smallest absolute Gasteiger partial charge is 0.224 e. The van der Waals surface area contributed by atoms with E-state index in [9.17, 15) is 4.79 Å². The van der Waals surface area contributed by atoms with E-state index in [1.165, 1.54) is 0 Å². The van der Waals surface area contributed by atoms with Crippen molar-refractivity contribution in [3.8, 4) is 11.5 Å². The summed E-state index contributed by atoms with van der Waals surface area (Å²) in [5.41, 5.74) is 5.66. The van der Waals surface area contributed by atoms with Crippen LogP contribution in [0.1, 0.15) is 13.8 Å². The van der Waals surface area contributed by atoms with Gasteiger partial charge < -0.3 is 20.5 Å². The molecule has 3 N–H and O–H groups in total. The van der Waals surface area contributed by atoms with E-state index in [4.69, 9.17) is 15.2 Å². The number of hydrogen-bond donors (Lipinski definition) is 2. The third kappa shape index (κ3) is 6.12. The Kier molecular flexibility index (Phi) is 8.76. The highest BCUT2D eigenvalue weighted by atomic mass is 35.5. The van der Waals surface area contributed by atoms with E-state index in [2.05, 4.69) is 5.32 Å². The normalized spacial score (nSPS) is 12.8. The summed E-state index contributed by atoms with van der Waals surface area (Å²) in [5, 5.41) is 2.79. The van der Waals surface area contributed by atoms with Crippen molar-refractivity contribution in [1.82, 2.24) is 5.32 Å². The molecule has 0 heterocycles. The maximum Gasteiger partial charge on any atom is 0.224 e. The standard InChI is InChI=1S/C14H22N2O3.ClH/c1-10(11(2)15)14(17)16-8-9-19-13-6-4-12(18-3)5-7-13;/h4-7,10-11H,8-9,15H2,1-3H3,(H,16,17);1H. The van der Waals surface area contributed by atoms with Gasteiger partial charge in [-0.25, -0.2) is 0 Å². The molecule has 0 bridgehead atoms. The maximum absolute atomic E-state index is 11.6. The number of nitrogens with two attached hydrogens (primary N) is 1. The van der Waals surface area contributed by atoms with Crippen LogP contribution in [0, 0.1) is 5.92 Å². The highest BCUT2D eigenvalue weighted by molar-refractivity contribution is 5.85. The fraction of sp³-hybridized carbons (Fsp3) is 0.500. The summed E-state index contributed by atoms with van der Waals surface area (Å²) in [6.07, 6.45) is 0. The van der Waals surface area contributed by atoms with Crippen LogP contribution in [0.4, 0.5) is 0 Å². The van der Waals surface area contributed by atoms with Gasteiger partial charge in [0.2, 0.25) is 5.91 Å². The molecule has 20 heavy (non-hydrogen) atoms. The van der Waals surface area contributed by atoms with Crippen LogP contribution in [0.15, 0.2) is 24.3 Å². The lowest BCUT2D eigenvalue weighted by Crippen LogP contribution is -2.40. The number of amides is 1. The Labute approximate surface area is 126 Å². The number of halogens is 1. The number of methoxy groups -OCH3 is 1. The Balaban J connectivity index is 0.00000361. The Morgan fingerprint density at radius 1 is 1.25 bits per heavy atom. The minimum absolute atomic E-state index is 0. The first kappa shape index (κ1) is 18.5. The van der Waals surface area contributed by atoms with Gasteiger partial charge in [0.25, 0.3) is 0 Å². The van der Waals surface area contributed by atoms with Crippen molar-refractivity contribution in [2.45, 2.75) is 19.9 Å². The number of nitrogens with one attached hydrogen (secondary N) is 1. The van der Waals surface area contributed by atoms with Crippen molar-refractivity contribution in [3.63, 3.8) is 0 Å². The van der Waals surface area contributed by atoms with Crippen LogP contribution < -0.4 is 20.5 Å². The average Bonchev–Trinajstić information content (AvgIpc) is 2.43. The number of carbonyl (C=O) groups is 1. The van der Waals surface area contributed by atoms with E-state index in [0.29, 0.717) is 13.2 Å². The van der Waals surface area contributed by atoms with Gasteiger partial charge in [-0.15, -0.1) is 12.4 Å². The van der Waals surface area contributed by atoms with Crippen LogP contribution in [0.5, 0.6) is 11.5 Å². The molecule has 2 unspecified atom stereocenters. The van der Waals surface area contributed by atoms with Crippen molar-refractivity contribution < 1.29 is 14.3 Å². The summed E-state index contributed by atoms with van der Waals surface area (Å²) < 4.78 is 10.5. The van der Waals surface area contributed by atoms with Crippen LogP contribution in [0.2, 0.25) is 0 Å². The highest BCUT2D eigenvalue weighted by Gasteiger charge is 2.15. The molecule has 0 saturated carbocycles. The third-order valence-corrected chi connectivity index (χ3v) is 2.93. The van der Waals surface area contributed by atoms with Crippen LogP contribution >= 0.6 is 12.4 Å². The van der Waals surface area contributed by atoms with Gasteiger partial charge in [0.15, 0.2) is 0 Å². The molecule has 1 aromatic rings. The zero-order valence-corrected chi connectivity index (χ0v) is 12.9. The molecule has 2 atom stereocenters. The molecule has 0 aliphatic carbocycles. The van der Waals surface area contributed by atoms with E-state index in [1.54, 1.807) is 7.11 Å². The molecule has 1 aromatic carbocycles. The first-order chi connectivity index (χ1) is 9.04. The van der Waals surface area contributed by atoms with E-state index < -0.39 is 0 Å². The fourth-order valence-corrected chi connectivity index (χ4v) is 1.41. The van der Waals surface area contributed by atoms with Gasteiger partial charge in [-0.2, -0.15) is 0 Å². The number of carbonyl (C=O) groups excluding carboxylic acids is 1. The lowest BCUT2D eigenvalue weighted by molar-refractivity contribution is -0.125. The van der Waals surface area contributed by atoms with Crippen molar-refractivity contribution in [2.24, 2.45) is 11.7 Å². The van der Waals surface area contributed by atoms with Crippen LogP contribution in [0.25, 0.3) is 0 Å². The van der Waals surface area contributed by atoms with E-state index in [1.807, 2.05) is 38.1 Å². The third-order valence-electron chi connectivity index (χ3n) is 2.93. The maximum atomic E-state index is 11.6. The van der Waals surface area contributed by atoms with Crippen LogP contribution in [-0.4, -0.2) is 32.2 Å². The molecule has 6 heteroatoms. The lowest BCUT2D eigenvalue weighted by atomic mass is 10.0. The summed E-state index contributed by atoms with van der Waals surface area (Å²) in [6, 6.07) is 7.15. The Morgan fingerprint density at radius 3 is 2.30 bits per heavy atom. The van der Waals surface area contributed by atoms with E-state index in [-0.39, 0.29) is 30.3 Å². The molecule has 0 saturated heterocycles. The van der Waals surface area contributed by atoms with Gasteiger partial charge in [0.05, 0.1) is 13.7 Å². The zero-order valence-electron chi connectivity index (χ0n) is 12.1. The van der Waals surface area contributed by atoms with Gasteiger partial charge >= 0.3 is 0 Å². The zero-order chi connectivity index (χ0) is 14.3. The molecule has 0 fully saturated rings. The number of rotatable bonds is 7. The quantitative estimate of drug-likeness (QED) is 0.750. The minimum atomic E-state index is -0.194. The Hall–Kier alpha value is -1.46. The Morgan fingerprint density at radius 2 is 1.80 bits per heavy atom. The topological polar surface area (TPSA) is 73.6 Å². The predicted molar refractivity (Wildman–Crippen MR) is 81.6 cm³/mol. The van der Waals surface area contributed by atoms with E-state index in [0.717, 1.165) is 11.5 Å². The first-order valence-electron chi connectivity index (χ1n) is 6.34. The molecule has 0 spiro atoms. The fourth-order valence-electron chi connectivity index (χ4n) is 1.41. The predicted octanol–water partition coefficient (Wildman–Crippen LogP) is 1.60. The molecule has 0 aromatic heterocycles. The summed E-state index contributed by atoms with van der Waals surface area (Å²) in [4.78, 5) is 11.6. The second kappa shape index (κ2) is 9.44. The van der Waals surface area contributed by atoms with Gasteiger partial charge in [-0.1, -0.05) is 6.92 Å². The second-order valence-corrected chi connectivity index (χ2v) is 4.46. The molecule has 1 rings (SSSR count). The molecular formula is C14H23ClN2O3. The van der Waals surface area contributed by atoms with Gasteiger partial charge in [-0.3, -0.25) is 4.79 Å². The van der Waals surface area contributed by atoms with Crippen molar-refractivity contribution in [2.75, 3.05) is 20.3 Å². The Bertz CT molecular complexity index is 396. The second-order valence-electron chi connectivity index (χ2n) is 4.46. The largest absolute Gasteiger partial charge is 0.497 e. The highest BCUT2D eigenvalue weighted by Crippen LogP contribution is 2.16. The van der Waals surface area contributed by atoms with Crippen molar-refractivity contribution in [1.29, 1.82) is 0 Å². The molecule has 1 amide bonds. The molecule has 0 aliphatic heterocycles. The summed E-state index contributed by atoms with van der Waals surface area (Å²) in [5.74, 6) is 1.29. The van der Waals surface area contributed by atoms with Gasteiger partial charge in [-0.05, 0) is 31.2 Å². The summed E-state index contributed by atoms with van der Waals surface area (Å²) in [7, 11) is 1.62. The summed E-state index contributed by atoms with van der Waals surface area (Å²) >= 11 is 0. The lowest BCUT2D eigenvalue weighted by Gasteiger charge is -2.15. The molecule has 5 nitrogen and oxygen atoms in total. The van der Waals surface area contributed by atoms with Crippen LogP contribution in [-0.2, 0) is 4.79 Å².